The molecule has 1 aromatic rings. The van der Waals surface area contributed by atoms with Crippen LogP contribution in [0.25, 0.3) is 0 Å². The Morgan fingerprint density at radius 3 is 2.58 bits per heavy atom. The molecule has 0 heterocycles. The fraction of sp³-hybridized carbons (Fsp3) is 0.562. The van der Waals surface area contributed by atoms with Crippen molar-refractivity contribution < 1.29 is 4.79 Å². The van der Waals surface area contributed by atoms with Crippen molar-refractivity contribution >= 4 is 11.6 Å². The van der Waals surface area contributed by atoms with Gasteiger partial charge in [0.25, 0.3) is 0 Å². The van der Waals surface area contributed by atoms with Crippen LogP contribution in [0.3, 0.4) is 0 Å². The van der Waals surface area contributed by atoms with Crippen LogP contribution < -0.4 is 10.6 Å². The summed E-state index contributed by atoms with van der Waals surface area (Å²) in [5.74, 6) is 0.107. The normalized spacial score (nSPS) is 17.8. The van der Waals surface area contributed by atoms with E-state index in [9.17, 15) is 4.79 Å². The first-order valence-electron chi connectivity index (χ1n) is 7.29. The molecule has 0 radical (unpaired) electrons. The second kappa shape index (κ2) is 6.60. The van der Waals surface area contributed by atoms with E-state index >= 15 is 0 Å². The number of para-hydroxylation sites is 1. The number of benzene rings is 1. The first-order chi connectivity index (χ1) is 9.16. The minimum Gasteiger partial charge on any atom is -0.374 e. The molecular formula is C16H24N2O. The summed E-state index contributed by atoms with van der Waals surface area (Å²) in [7, 11) is 0. The van der Waals surface area contributed by atoms with Gasteiger partial charge >= 0.3 is 0 Å². The monoisotopic (exact) mass is 260 g/mol. The topological polar surface area (TPSA) is 41.1 Å². The molecule has 0 saturated heterocycles. The number of carbonyl (C=O) groups excluding carboxylic acids is 1. The van der Waals surface area contributed by atoms with E-state index < -0.39 is 0 Å². The molecule has 1 fully saturated rings. The number of hydrogen-bond donors (Lipinski definition) is 2. The maximum absolute atomic E-state index is 12.2. The fourth-order valence-electron chi connectivity index (χ4n) is 2.61. The molecule has 1 aromatic carbocycles. The molecule has 1 aliphatic carbocycles. The summed E-state index contributed by atoms with van der Waals surface area (Å²) in [6.45, 7) is 3.97. The Hall–Kier alpha value is -1.51. The lowest BCUT2D eigenvalue weighted by Crippen LogP contribution is -2.44. The summed E-state index contributed by atoms with van der Waals surface area (Å²) in [6, 6.07) is 8.24. The molecule has 1 atom stereocenters. The molecule has 104 valence electrons. The van der Waals surface area contributed by atoms with Crippen molar-refractivity contribution in [1.29, 1.82) is 0 Å². The summed E-state index contributed by atoms with van der Waals surface area (Å²) in [6.07, 6.45) is 6.05. The largest absolute Gasteiger partial charge is 0.374 e. The average Bonchev–Trinajstić information content (AvgIpc) is 2.42. The highest BCUT2D eigenvalue weighted by Crippen LogP contribution is 2.18. The second-order valence-electron chi connectivity index (χ2n) is 5.52. The predicted octanol–water partition coefficient (Wildman–Crippen LogP) is 3.24. The van der Waals surface area contributed by atoms with Crippen LogP contribution in [0.4, 0.5) is 5.69 Å². The van der Waals surface area contributed by atoms with Gasteiger partial charge in [-0.1, -0.05) is 37.5 Å². The molecule has 0 bridgehead atoms. The Labute approximate surface area is 115 Å². The minimum absolute atomic E-state index is 0.107. The Morgan fingerprint density at radius 1 is 1.21 bits per heavy atom. The molecule has 3 heteroatoms. The van der Waals surface area contributed by atoms with Crippen LogP contribution in [-0.2, 0) is 4.79 Å². The van der Waals surface area contributed by atoms with Crippen molar-refractivity contribution in [2.24, 2.45) is 0 Å². The summed E-state index contributed by atoms with van der Waals surface area (Å²) in [4.78, 5) is 12.2. The van der Waals surface area contributed by atoms with Crippen LogP contribution in [0.1, 0.15) is 44.6 Å². The van der Waals surface area contributed by atoms with E-state index in [4.69, 9.17) is 0 Å². The van der Waals surface area contributed by atoms with Gasteiger partial charge in [-0.15, -0.1) is 0 Å². The van der Waals surface area contributed by atoms with E-state index in [-0.39, 0.29) is 11.9 Å². The van der Waals surface area contributed by atoms with Gasteiger partial charge in [0.1, 0.15) is 6.04 Å². The van der Waals surface area contributed by atoms with Crippen LogP contribution in [0.15, 0.2) is 24.3 Å². The Morgan fingerprint density at radius 2 is 1.89 bits per heavy atom. The smallest absolute Gasteiger partial charge is 0.242 e. The maximum atomic E-state index is 12.2. The number of amides is 1. The number of rotatable bonds is 4. The van der Waals surface area contributed by atoms with Gasteiger partial charge in [0, 0.05) is 11.7 Å². The lowest BCUT2D eigenvalue weighted by Gasteiger charge is -2.25. The van der Waals surface area contributed by atoms with Gasteiger partial charge in [0.05, 0.1) is 0 Å². The molecule has 1 aliphatic rings. The number of aryl methyl sites for hydroxylation is 1. The molecule has 0 aromatic heterocycles. The Bertz CT molecular complexity index is 425. The van der Waals surface area contributed by atoms with Gasteiger partial charge in [-0.2, -0.15) is 0 Å². The van der Waals surface area contributed by atoms with Crippen molar-refractivity contribution in [1.82, 2.24) is 5.32 Å². The van der Waals surface area contributed by atoms with Gasteiger partial charge in [-0.05, 0) is 38.3 Å². The van der Waals surface area contributed by atoms with E-state index in [2.05, 4.69) is 10.6 Å². The molecule has 1 amide bonds. The molecule has 0 aliphatic heterocycles. The molecule has 2 N–H and O–H groups in total. The van der Waals surface area contributed by atoms with Gasteiger partial charge < -0.3 is 10.6 Å². The molecule has 2 rings (SSSR count). The molecule has 1 saturated carbocycles. The zero-order valence-corrected chi connectivity index (χ0v) is 11.9. The van der Waals surface area contributed by atoms with Crippen molar-refractivity contribution in [3.05, 3.63) is 29.8 Å². The zero-order valence-electron chi connectivity index (χ0n) is 11.9. The number of nitrogens with one attached hydrogen (secondary N) is 2. The van der Waals surface area contributed by atoms with E-state index in [1.165, 1.54) is 24.8 Å². The van der Waals surface area contributed by atoms with Crippen molar-refractivity contribution in [2.75, 3.05) is 5.32 Å². The number of anilines is 1. The Balaban J connectivity index is 1.87. The standard InChI is InChI=1S/C16H24N2O/c1-12-8-6-7-11-15(12)17-13(2)16(19)18-14-9-4-3-5-10-14/h6-8,11,13-14,17H,3-5,9-10H2,1-2H3,(H,18,19). The van der Waals surface area contributed by atoms with Crippen LogP contribution in [-0.4, -0.2) is 18.0 Å². The van der Waals surface area contributed by atoms with Gasteiger partial charge in [0.15, 0.2) is 0 Å². The first kappa shape index (κ1) is 13.9. The summed E-state index contributed by atoms with van der Waals surface area (Å²) >= 11 is 0. The molecule has 3 nitrogen and oxygen atoms in total. The van der Waals surface area contributed by atoms with E-state index in [0.717, 1.165) is 18.5 Å². The number of carbonyl (C=O) groups is 1. The lowest BCUT2D eigenvalue weighted by atomic mass is 9.95. The molecular weight excluding hydrogens is 236 g/mol. The van der Waals surface area contributed by atoms with Crippen molar-refractivity contribution in [3.63, 3.8) is 0 Å². The van der Waals surface area contributed by atoms with E-state index in [0.29, 0.717) is 6.04 Å². The third-order valence-electron chi connectivity index (χ3n) is 3.86. The molecule has 0 spiro atoms. The highest BCUT2D eigenvalue weighted by molar-refractivity contribution is 5.84. The van der Waals surface area contributed by atoms with Gasteiger partial charge in [-0.25, -0.2) is 0 Å². The summed E-state index contributed by atoms with van der Waals surface area (Å²) in [5, 5.41) is 6.44. The lowest BCUT2D eigenvalue weighted by molar-refractivity contribution is -0.122. The van der Waals surface area contributed by atoms with Crippen LogP contribution >= 0.6 is 0 Å². The zero-order chi connectivity index (χ0) is 13.7. The predicted molar refractivity (Wildman–Crippen MR) is 79.3 cm³/mol. The number of hydrogen-bond acceptors (Lipinski definition) is 2. The van der Waals surface area contributed by atoms with Crippen LogP contribution in [0.5, 0.6) is 0 Å². The SMILES string of the molecule is Cc1ccccc1NC(C)C(=O)NC1CCCCC1. The third kappa shape index (κ3) is 3.98. The minimum atomic E-state index is -0.192. The van der Waals surface area contributed by atoms with Gasteiger partial charge in [0.2, 0.25) is 5.91 Å². The quantitative estimate of drug-likeness (QED) is 0.872. The van der Waals surface area contributed by atoms with Gasteiger partial charge in [-0.3, -0.25) is 4.79 Å². The Kier molecular flexibility index (Phi) is 4.83. The van der Waals surface area contributed by atoms with Crippen LogP contribution in [0.2, 0.25) is 0 Å². The summed E-state index contributed by atoms with van der Waals surface area (Å²) < 4.78 is 0. The van der Waals surface area contributed by atoms with E-state index in [1.807, 2.05) is 38.1 Å². The van der Waals surface area contributed by atoms with Crippen LogP contribution in [0, 0.1) is 6.92 Å². The fourth-order valence-corrected chi connectivity index (χ4v) is 2.61. The highest BCUT2D eigenvalue weighted by Gasteiger charge is 2.19. The van der Waals surface area contributed by atoms with Crippen molar-refractivity contribution in [2.45, 2.75) is 58.0 Å². The molecule has 1 unspecified atom stereocenters. The third-order valence-corrected chi connectivity index (χ3v) is 3.86. The average molecular weight is 260 g/mol. The summed E-state index contributed by atoms with van der Waals surface area (Å²) in [5.41, 5.74) is 2.20. The molecule has 19 heavy (non-hydrogen) atoms. The van der Waals surface area contributed by atoms with Crippen molar-refractivity contribution in [3.8, 4) is 0 Å². The highest BCUT2D eigenvalue weighted by atomic mass is 16.2. The second-order valence-corrected chi connectivity index (χ2v) is 5.52. The first-order valence-corrected chi connectivity index (χ1v) is 7.29. The maximum Gasteiger partial charge on any atom is 0.242 e. The van der Waals surface area contributed by atoms with E-state index in [1.54, 1.807) is 0 Å².